The van der Waals surface area contributed by atoms with Crippen LogP contribution in [0.5, 0.6) is 0 Å². The number of ether oxygens (including phenoxy) is 1. The molecule has 5 nitrogen and oxygen atoms in total. The SMILES string of the molecule is C/C=C/C(=O)NCCc1nc2ccccc2n1CCOCC. The third kappa shape index (κ3) is 4.18. The highest BCUT2D eigenvalue weighted by Crippen LogP contribution is 2.16. The molecule has 2 aromatic rings. The van der Waals surface area contributed by atoms with Crippen molar-refractivity contribution >= 4 is 16.9 Å². The molecule has 1 N–H and O–H groups in total. The van der Waals surface area contributed by atoms with Crippen molar-refractivity contribution in [3.05, 3.63) is 42.2 Å². The lowest BCUT2D eigenvalue weighted by Gasteiger charge is -2.09. The minimum atomic E-state index is -0.0699. The van der Waals surface area contributed by atoms with E-state index in [0.717, 1.165) is 23.4 Å². The summed E-state index contributed by atoms with van der Waals surface area (Å²) >= 11 is 0. The van der Waals surface area contributed by atoms with Crippen LogP contribution in [0.2, 0.25) is 0 Å². The number of para-hydroxylation sites is 2. The highest BCUT2D eigenvalue weighted by molar-refractivity contribution is 5.87. The highest BCUT2D eigenvalue weighted by Gasteiger charge is 2.10. The van der Waals surface area contributed by atoms with Crippen LogP contribution < -0.4 is 5.32 Å². The maximum Gasteiger partial charge on any atom is 0.243 e. The minimum Gasteiger partial charge on any atom is -0.380 e. The van der Waals surface area contributed by atoms with Crippen molar-refractivity contribution in [2.24, 2.45) is 0 Å². The molecule has 1 aromatic heterocycles. The maximum absolute atomic E-state index is 11.5. The van der Waals surface area contributed by atoms with Gasteiger partial charge in [0.05, 0.1) is 17.6 Å². The van der Waals surface area contributed by atoms with Crippen molar-refractivity contribution in [1.82, 2.24) is 14.9 Å². The first-order chi connectivity index (χ1) is 10.8. The third-order valence-electron chi connectivity index (χ3n) is 3.36. The Morgan fingerprint density at radius 3 is 3.00 bits per heavy atom. The Bertz CT molecular complexity index is 646. The average Bonchev–Trinajstić information content (AvgIpc) is 2.86. The number of amides is 1. The van der Waals surface area contributed by atoms with Gasteiger partial charge >= 0.3 is 0 Å². The number of rotatable bonds is 8. The predicted molar refractivity (Wildman–Crippen MR) is 87.8 cm³/mol. The summed E-state index contributed by atoms with van der Waals surface area (Å²) in [6.07, 6.45) is 3.95. The van der Waals surface area contributed by atoms with Gasteiger partial charge in [0.25, 0.3) is 0 Å². The number of fused-ring (bicyclic) bond motifs is 1. The zero-order valence-corrected chi connectivity index (χ0v) is 13.2. The van der Waals surface area contributed by atoms with E-state index in [4.69, 9.17) is 4.74 Å². The van der Waals surface area contributed by atoms with Gasteiger partial charge in [-0.2, -0.15) is 0 Å². The molecule has 0 fully saturated rings. The van der Waals surface area contributed by atoms with E-state index in [1.165, 1.54) is 6.08 Å². The Hall–Kier alpha value is -2.14. The third-order valence-corrected chi connectivity index (χ3v) is 3.36. The fraction of sp³-hybridized carbons (Fsp3) is 0.412. The first-order valence-corrected chi connectivity index (χ1v) is 7.68. The van der Waals surface area contributed by atoms with Crippen LogP contribution in [0.1, 0.15) is 19.7 Å². The fourth-order valence-corrected chi connectivity index (χ4v) is 2.37. The van der Waals surface area contributed by atoms with Crippen LogP contribution in [-0.4, -0.2) is 35.2 Å². The Labute approximate surface area is 131 Å². The van der Waals surface area contributed by atoms with Crippen LogP contribution in [-0.2, 0) is 22.5 Å². The molecule has 0 unspecified atom stereocenters. The van der Waals surface area contributed by atoms with Crippen LogP contribution in [0.3, 0.4) is 0 Å². The van der Waals surface area contributed by atoms with Gasteiger partial charge in [0.2, 0.25) is 5.91 Å². The molecule has 0 radical (unpaired) electrons. The van der Waals surface area contributed by atoms with Crippen molar-refractivity contribution in [2.45, 2.75) is 26.8 Å². The molecule has 118 valence electrons. The van der Waals surface area contributed by atoms with Crippen molar-refractivity contribution in [2.75, 3.05) is 19.8 Å². The predicted octanol–water partition coefficient (Wildman–Crippen LogP) is 2.31. The molecule has 0 aliphatic rings. The van der Waals surface area contributed by atoms with Crippen LogP contribution in [0.4, 0.5) is 0 Å². The van der Waals surface area contributed by atoms with E-state index in [0.29, 0.717) is 26.2 Å². The summed E-state index contributed by atoms with van der Waals surface area (Å²) in [5.74, 6) is 0.904. The van der Waals surface area contributed by atoms with Gasteiger partial charge in [-0.1, -0.05) is 18.2 Å². The monoisotopic (exact) mass is 301 g/mol. The Morgan fingerprint density at radius 2 is 2.23 bits per heavy atom. The first-order valence-electron chi connectivity index (χ1n) is 7.68. The molecule has 1 heterocycles. The standard InChI is InChI=1S/C17H23N3O2/c1-3-7-17(21)18-11-10-16-19-14-8-5-6-9-15(14)20(16)12-13-22-4-2/h3,5-9H,4,10-13H2,1-2H3,(H,18,21)/b7-3+. The van der Waals surface area contributed by atoms with E-state index in [2.05, 4.69) is 20.9 Å². The Morgan fingerprint density at radius 1 is 1.41 bits per heavy atom. The van der Waals surface area contributed by atoms with Gasteiger partial charge in [-0.25, -0.2) is 4.98 Å². The molecule has 1 aromatic carbocycles. The summed E-state index contributed by atoms with van der Waals surface area (Å²) in [5, 5.41) is 2.86. The molecule has 0 aliphatic heterocycles. The number of imidazole rings is 1. The zero-order valence-electron chi connectivity index (χ0n) is 13.2. The van der Waals surface area contributed by atoms with E-state index in [-0.39, 0.29) is 5.91 Å². The second-order valence-electron chi connectivity index (χ2n) is 4.91. The number of carbonyl (C=O) groups is 1. The summed E-state index contributed by atoms with van der Waals surface area (Å²) in [4.78, 5) is 16.1. The molecule has 0 spiro atoms. The number of hydrogen-bond donors (Lipinski definition) is 1. The lowest BCUT2D eigenvalue weighted by Crippen LogP contribution is -2.24. The van der Waals surface area contributed by atoms with E-state index < -0.39 is 0 Å². The van der Waals surface area contributed by atoms with Crippen LogP contribution in [0.25, 0.3) is 11.0 Å². The lowest BCUT2D eigenvalue weighted by molar-refractivity contribution is -0.116. The van der Waals surface area contributed by atoms with Gasteiger partial charge in [0.15, 0.2) is 0 Å². The second-order valence-corrected chi connectivity index (χ2v) is 4.91. The number of nitrogens with one attached hydrogen (secondary N) is 1. The van der Waals surface area contributed by atoms with Gasteiger partial charge in [-0.15, -0.1) is 0 Å². The number of allylic oxidation sites excluding steroid dienone is 1. The normalized spacial score (nSPS) is 11.4. The molecule has 22 heavy (non-hydrogen) atoms. The molecule has 5 heteroatoms. The molecule has 2 rings (SSSR count). The molecule has 0 atom stereocenters. The molecular weight excluding hydrogens is 278 g/mol. The number of nitrogens with zero attached hydrogens (tertiary/aromatic N) is 2. The summed E-state index contributed by atoms with van der Waals surface area (Å²) in [5.41, 5.74) is 2.09. The zero-order chi connectivity index (χ0) is 15.8. The molecule has 0 saturated heterocycles. The molecule has 0 bridgehead atoms. The summed E-state index contributed by atoms with van der Waals surface area (Å²) in [7, 11) is 0. The number of hydrogen-bond acceptors (Lipinski definition) is 3. The molecule has 0 aliphatic carbocycles. The van der Waals surface area contributed by atoms with E-state index in [1.54, 1.807) is 6.08 Å². The quantitative estimate of drug-likeness (QED) is 0.601. The maximum atomic E-state index is 11.5. The minimum absolute atomic E-state index is 0.0699. The Balaban J connectivity index is 2.09. The van der Waals surface area contributed by atoms with Gasteiger partial charge in [-0.3, -0.25) is 4.79 Å². The topological polar surface area (TPSA) is 56.2 Å². The molecular formula is C17H23N3O2. The van der Waals surface area contributed by atoms with Gasteiger partial charge < -0.3 is 14.6 Å². The van der Waals surface area contributed by atoms with Gasteiger partial charge in [0, 0.05) is 26.1 Å². The average molecular weight is 301 g/mol. The van der Waals surface area contributed by atoms with E-state index in [9.17, 15) is 4.79 Å². The van der Waals surface area contributed by atoms with Crippen molar-refractivity contribution in [3.63, 3.8) is 0 Å². The molecule has 0 saturated carbocycles. The largest absolute Gasteiger partial charge is 0.380 e. The smallest absolute Gasteiger partial charge is 0.243 e. The van der Waals surface area contributed by atoms with E-state index in [1.807, 2.05) is 32.0 Å². The Kier molecular flexibility index (Phi) is 6.15. The summed E-state index contributed by atoms with van der Waals surface area (Å²) in [6.45, 7) is 6.53. The highest BCUT2D eigenvalue weighted by atomic mass is 16.5. The first kappa shape index (κ1) is 16.2. The summed E-state index contributed by atoms with van der Waals surface area (Å²) < 4.78 is 7.63. The van der Waals surface area contributed by atoms with E-state index >= 15 is 0 Å². The molecule has 1 amide bonds. The number of aromatic nitrogens is 2. The van der Waals surface area contributed by atoms with Gasteiger partial charge in [-0.05, 0) is 32.1 Å². The van der Waals surface area contributed by atoms with Crippen molar-refractivity contribution in [3.8, 4) is 0 Å². The summed E-state index contributed by atoms with van der Waals surface area (Å²) in [6, 6.07) is 8.07. The van der Waals surface area contributed by atoms with Gasteiger partial charge in [0.1, 0.15) is 5.82 Å². The second kappa shape index (κ2) is 8.34. The van der Waals surface area contributed by atoms with Crippen LogP contribution in [0.15, 0.2) is 36.4 Å². The number of benzene rings is 1. The van der Waals surface area contributed by atoms with Crippen molar-refractivity contribution in [1.29, 1.82) is 0 Å². The lowest BCUT2D eigenvalue weighted by atomic mass is 10.3. The van der Waals surface area contributed by atoms with Crippen LogP contribution in [0, 0.1) is 0 Å². The fourth-order valence-electron chi connectivity index (χ4n) is 2.37. The number of carbonyl (C=O) groups excluding carboxylic acids is 1. The van der Waals surface area contributed by atoms with Crippen molar-refractivity contribution < 1.29 is 9.53 Å². The van der Waals surface area contributed by atoms with Crippen LogP contribution >= 0.6 is 0 Å².